The van der Waals surface area contributed by atoms with Gasteiger partial charge in [0.15, 0.2) is 5.76 Å². The molecule has 0 fully saturated rings. The Morgan fingerprint density at radius 2 is 2.15 bits per heavy atom. The average Bonchev–Trinajstić information content (AvgIpc) is 2.28. The standard InChI is InChI=1S/C9H15NO3/c1-4-10(3)6-5-9(2,13)8(12)7(6)11/h11,13H,4-5H2,1-3H3. The van der Waals surface area contributed by atoms with E-state index in [1.54, 1.807) is 11.9 Å². The molecule has 0 amide bonds. The minimum Gasteiger partial charge on any atom is -0.503 e. The molecule has 13 heavy (non-hydrogen) atoms. The Hall–Kier alpha value is -1.03. The van der Waals surface area contributed by atoms with Crippen molar-refractivity contribution < 1.29 is 15.0 Å². The highest BCUT2D eigenvalue weighted by atomic mass is 16.3. The maximum Gasteiger partial charge on any atom is 0.230 e. The zero-order valence-corrected chi connectivity index (χ0v) is 8.16. The number of nitrogens with zero attached hydrogens (tertiary/aromatic N) is 1. The fourth-order valence-corrected chi connectivity index (χ4v) is 1.38. The molecule has 4 nitrogen and oxygen atoms in total. The second-order valence-electron chi connectivity index (χ2n) is 3.59. The summed E-state index contributed by atoms with van der Waals surface area (Å²) in [5, 5.41) is 19.0. The Morgan fingerprint density at radius 1 is 1.62 bits per heavy atom. The van der Waals surface area contributed by atoms with Gasteiger partial charge >= 0.3 is 0 Å². The first-order chi connectivity index (χ1) is 5.90. The third-order valence-corrected chi connectivity index (χ3v) is 2.42. The number of Topliss-reactive ketones (excluding diaryl/α,β-unsaturated/α-hetero) is 1. The van der Waals surface area contributed by atoms with E-state index in [4.69, 9.17) is 0 Å². The summed E-state index contributed by atoms with van der Waals surface area (Å²) in [6.45, 7) is 4.03. The zero-order valence-electron chi connectivity index (χ0n) is 8.16. The monoisotopic (exact) mass is 185 g/mol. The van der Waals surface area contributed by atoms with Crippen LogP contribution >= 0.6 is 0 Å². The van der Waals surface area contributed by atoms with Gasteiger partial charge < -0.3 is 15.1 Å². The summed E-state index contributed by atoms with van der Waals surface area (Å²) in [4.78, 5) is 13.0. The number of ketones is 1. The van der Waals surface area contributed by atoms with Crippen LogP contribution in [0.2, 0.25) is 0 Å². The quantitative estimate of drug-likeness (QED) is 0.655. The first-order valence-electron chi connectivity index (χ1n) is 4.30. The lowest BCUT2D eigenvalue weighted by molar-refractivity contribution is -0.132. The van der Waals surface area contributed by atoms with E-state index < -0.39 is 11.4 Å². The number of hydrogen-bond donors (Lipinski definition) is 2. The number of carbonyl (C=O) groups excluding carboxylic acids is 1. The number of hydrogen-bond acceptors (Lipinski definition) is 4. The maximum atomic E-state index is 11.3. The SMILES string of the molecule is CCN(C)C1=C(O)C(=O)C(C)(O)C1. The third-order valence-electron chi connectivity index (χ3n) is 2.42. The molecule has 1 atom stereocenters. The molecule has 0 spiro atoms. The molecular formula is C9H15NO3. The Labute approximate surface area is 77.5 Å². The molecule has 1 unspecified atom stereocenters. The summed E-state index contributed by atoms with van der Waals surface area (Å²) < 4.78 is 0. The Bertz CT molecular complexity index is 268. The molecule has 2 N–H and O–H groups in total. The first kappa shape index (κ1) is 10.1. The average molecular weight is 185 g/mol. The predicted molar refractivity (Wildman–Crippen MR) is 48.2 cm³/mol. The van der Waals surface area contributed by atoms with Crippen LogP contribution in [0, 0.1) is 0 Å². The highest BCUT2D eigenvalue weighted by Gasteiger charge is 2.43. The Morgan fingerprint density at radius 3 is 2.46 bits per heavy atom. The normalized spacial score (nSPS) is 28.5. The van der Waals surface area contributed by atoms with Gasteiger partial charge in [-0.3, -0.25) is 4.79 Å². The van der Waals surface area contributed by atoms with E-state index in [1.807, 2.05) is 6.92 Å². The lowest BCUT2D eigenvalue weighted by Gasteiger charge is -2.19. The molecule has 1 rings (SSSR count). The van der Waals surface area contributed by atoms with Crippen LogP contribution in [0.4, 0.5) is 0 Å². The van der Waals surface area contributed by atoms with Crippen LogP contribution in [0.25, 0.3) is 0 Å². The number of carbonyl (C=O) groups is 1. The molecule has 1 aliphatic rings. The molecule has 0 saturated carbocycles. The van der Waals surface area contributed by atoms with Gasteiger partial charge in [0, 0.05) is 20.0 Å². The fraction of sp³-hybridized carbons (Fsp3) is 0.667. The summed E-state index contributed by atoms with van der Waals surface area (Å²) >= 11 is 0. The minimum absolute atomic E-state index is 0.196. The van der Waals surface area contributed by atoms with Gasteiger partial charge in [-0.05, 0) is 13.8 Å². The van der Waals surface area contributed by atoms with Gasteiger partial charge in [-0.2, -0.15) is 0 Å². The molecule has 0 saturated heterocycles. The molecule has 0 heterocycles. The molecule has 0 aromatic carbocycles. The van der Waals surface area contributed by atoms with Crippen LogP contribution in [0.1, 0.15) is 20.3 Å². The molecule has 4 heteroatoms. The van der Waals surface area contributed by atoms with Crippen molar-refractivity contribution in [3.05, 3.63) is 11.5 Å². The minimum atomic E-state index is -1.43. The number of aliphatic hydroxyl groups is 2. The number of rotatable bonds is 2. The molecule has 0 aliphatic heterocycles. The first-order valence-corrected chi connectivity index (χ1v) is 4.30. The van der Waals surface area contributed by atoms with Gasteiger partial charge in [-0.15, -0.1) is 0 Å². The van der Waals surface area contributed by atoms with Crippen LogP contribution in [-0.2, 0) is 4.79 Å². The third kappa shape index (κ3) is 1.54. The number of aliphatic hydroxyl groups excluding tert-OH is 1. The van der Waals surface area contributed by atoms with E-state index in [9.17, 15) is 15.0 Å². The van der Waals surface area contributed by atoms with E-state index in [2.05, 4.69) is 0 Å². The maximum absolute atomic E-state index is 11.3. The molecule has 0 aromatic rings. The topological polar surface area (TPSA) is 60.8 Å². The van der Waals surface area contributed by atoms with Crippen LogP contribution < -0.4 is 0 Å². The summed E-state index contributed by atoms with van der Waals surface area (Å²) in [6, 6.07) is 0. The van der Waals surface area contributed by atoms with Crippen molar-refractivity contribution in [2.75, 3.05) is 13.6 Å². The molecule has 1 aliphatic carbocycles. The van der Waals surface area contributed by atoms with E-state index >= 15 is 0 Å². The second kappa shape index (κ2) is 3.03. The smallest absolute Gasteiger partial charge is 0.230 e. The summed E-state index contributed by atoms with van der Waals surface area (Å²) in [7, 11) is 1.78. The van der Waals surface area contributed by atoms with Crippen LogP contribution in [-0.4, -0.2) is 40.1 Å². The summed E-state index contributed by atoms with van der Waals surface area (Å²) in [5.41, 5.74) is -0.902. The van der Waals surface area contributed by atoms with E-state index in [0.29, 0.717) is 12.2 Å². The van der Waals surface area contributed by atoms with Crippen molar-refractivity contribution in [1.82, 2.24) is 4.90 Å². The van der Waals surface area contributed by atoms with Crippen molar-refractivity contribution >= 4 is 5.78 Å². The Kier molecular flexibility index (Phi) is 2.34. The fourth-order valence-electron chi connectivity index (χ4n) is 1.38. The molecule has 0 aromatic heterocycles. The molecule has 0 bridgehead atoms. The highest BCUT2D eigenvalue weighted by Crippen LogP contribution is 2.31. The highest BCUT2D eigenvalue weighted by molar-refractivity contribution is 6.02. The van der Waals surface area contributed by atoms with Crippen molar-refractivity contribution in [2.24, 2.45) is 0 Å². The summed E-state index contributed by atoms with van der Waals surface area (Å²) in [5.74, 6) is -0.878. The largest absolute Gasteiger partial charge is 0.503 e. The summed E-state index contributed by atoms with van der Waals surface area (Å²) in [6.07, 6.45) is 0.196. The van der Waals surface area contributed by atoms with Crippen LogP contribution in [0.5, 0.6) is 0 Å². The van der Waals surface area contributed by atoms with Crippen LogP contribution in [0.3, 0.4) is 0 Å². The van der Waals surface area contributed by atoms with Gasteiger partial charge in [0.1, 0.15) is 5.60 Å². The van der Waals surface area contributed by atoms with E-state index in [1.165, 1.54) is 6.92 Å². The second-order valence-corrected chi connectivity index (χ2v) is 3.59. The van der Waals surface area contributed by atoms with Crippen molar-refractivity contribution in [3.63, 3.8) is 0 Å². The molecule has 74 valence electrons. The van der Waals surface area contributed by atoms with Crippen molar-refractivity contribution in [1.29, 1.82) is 0 Å². The van der Waals surface area contributed by atoms with Gasteiger partial charge in [0.05, 0.1) is 5.70 Å². The van der Waals surface area contributed by atoms with Crippen molar-refractivity contribution in [3.8, 4) is 0 Å². The van der Waals surface area contributed by atoms with E-state index in [-0.39, 0.29) is 12.2 Å². The zero-order chi connectivity index (χ0) is 10.2. The van der Waals surface area contributed by atoms with Gasteiger partial charge in [0.25, 0.3) is 0 Å². The predicted octanol–water partition coefficient (Wildman–Crippen LogP) is 0.431. The van der Waals surface area contributed by atoms with Crippen molar-refractivity contribution in [2.45, 2.75) is 25.9 Å². The molecular weight excluding hydrogens is 170 g/mol. The Balaban J connectivity index is 2.95. The lowest BCUT2D eigenvalue weighted by Crippen LogP contribution is -2.31. The van der Waals surface area contributed by atoms with Crippen LogP contribution in [0.15, 0.2) is 11.5 Å². The molecule has 0 radical (unpaired) electrons. The van der Waals surface area contributed by atoms with Gasteiger partial charge in [-0.25, -0.2) is 0 Å². The lowest BCUT2D eigenvalue weighted by atomic mass is 10.0. The van der Waals surface area contributed by atoms with Gasteiger partial charge in [-0.1, -0.05) is 0 Å². The van der Waals surface area contributed by atoms with Gasteiger partial charge in [0.2, 0.25) is 5.78 Å². The van der Waals surface area contributed by atoms with E-state index in [0.717, 1.165) is 0 Å².